The number of carbonyl (C=O) groups is 3. The third kappa shape index (κ3) is 5.68. The van der Waals surface area contributed by atoms with Gasteiger partial charge in [0.1, 0.15) is 0 Å². The second-order valence-electron chi connectivity index (χ2n) is 11.4. The van der Waals surface area contributed by atoms with Crippen molar-refractivity contribution in [1.29, 1.82) is 5.41 Å². The van der Waals surface area contributed by atoms with E-state index in [1.807, 2.05) is 0 Å². The maximum atomic E-state index is 14.1. The fourth-order valence-electron chi connectivity index (χ4n) is 6.00. The van der Waals surface area contributed by atoms with Crippen LogP contribution in [0.4, 0.5) is 13.2 Å². The molecule has 2 aromatic rings. The third-order valence-electron chi connectivity index (χ3n) is 8.76. The summed E-state index contributed by atoms with van der Waals surface area (Å²) in [5.41, 5.74) is -0.992. The summed E-state index contributed by atoms with van der Waals surface area (Å²) in [4.78, 5) is 40.2. The number of carboxylic acid groups (broad SMARTS) is 1. The number of carboxylic acids is 1. The van der Waals surface area contributed by atoms with Crippen molar-refractivity contribution in [2.24, 2.45) is 5.92 Å². The van der Waals surface area contributed by atoms with Crippen LogP contribution in [0.3, 0.4) is 0 Å². The van der Waals surface area contributed by atoms with Gasteiger partial charge in [-0.15, -0.1) is 0 Å². The number of halogens is 4. The topological polar surface area (TPSA) is 120 Å². The summed E-state index contributed by atoms with van der Waals surface area (Å²) in [7, 11) is 1.57. The highest BCUT2D eigenvalue weighted by atomic mass is 35.5. The molecular formula is C31H31ClF3N3O5. The molecule has 228 valence electrons. The van der Waals surface area contributed by atoms with Crippen LogP contribution >= 0.6 is 11.6 Å². The number of aromatic carboxylic acids is 1. The number of carbonyl (C=O) groups excluding carboxylic acids is 2. The Morgan fingerprint density at radius 3 is 2.44 bits per heavy atom. The van der Waals surface area contributed by atoms with Crippen molar-refractivity contribution in [1.82, 2.24) is 10.2 Å². The van der Waals surface area contributed by atoms with Crippen LogP contribution in [0.5, 0.6) is 0 Å². The normalized spacial score (nSPS) is 20.0. The van der Waals surface area contributed by atoms with Crippen molar-refractivity contribution in [2.75, 3.05) is 20.2 Å². The fraction of sp³-hybridized carbons (Fsp3) is 0.419. The van der Waals surface area contributed by atoms with Gasteiger partial charge in [-0.25, -0.2) is 4.79 Å². The Balaban J connectivity index is 1.50. The van der Waals surface area contributed by atoms with E-state index in [2.05, 4.69) is 5.32 Å². The summed E-state index contributed by atoms with van der Waals surface area (Å²) >= 11 is 6.35. The molecule has 12 heteroatoms. The largest absolute Gasteiger partial charge is 0.478 e. The van der Waals surface area contributed by atoms with Gasteiger partial charge in [0.05, 0.1) is 33.4 Å². The van der Waals surface area contributed by atoms with Gasteiger partial charge < -0.3 is 20.1 Å². The van der Waals surface area contributed by atoms with Gasteiger partial charge in [-0.05, 0) is 73.9 Å². The second kappa shape index (κ2) is 11.4. The van der Waals surface area contributed by atoms with Gasteiger partial charge >= 0.3 is 12.1 Å². The van der Waals surface area contributed by atoms with Crippen LogP contribution in [0, 0.1) is 18.3 Å². The number of allylic oxidation sites excluding steroid dienone is 2. The van der Waals surface area contributed by atoms with Gasteiger partial charge in [0, 0.05) is 37.4 Å². The highest BCUT2D eigenvalue weighted by Crippen LogP contribution is 2.60. The molecule has 2 aromatic carbocycles. The number of amides is 2. The number of benzene rings is 2. The molecule has 3 N–H and O–H groups in total. The Kier molecular flexibility index (Phi) is 8.17. The number of rotatable bonds is 8. The molecule has 1 atom stereocenters. The van der Waals surface area contributed by atoms with E-state index in [4.69, 9.17) is 21.7 Å². The molecule has 2 amide bonds. The highest BCUT2D eigenvalue weighted by Gasteiger charge is 2.65. The molecule has 0 spiro atoms. The molecular weight excluding hydrogens is 587 g/mol. The van der Waals surface area contributed by atoms with Crippen LogP contribution in [0.25, 0.3) is 0 Å². The standard InChI is InChI=1S/C31H31ClF3N3O5/c1-16-12-17(6-8-20(16)29(41)42)26(36)21-9-7-18(28(40)38-14-19(15-38)43-2)13-24(21)37-27(39)25-22(4-3-5-23(25)32)30(10-11-30)31(33,34)35/h3-6,8,12,18-19,36H,7,9-11,13-15H2,1-2H3,(H,37,39)(H,41,42). The molecule has 2 aliphatic carbocycles. The van der Waals surface area contributed by atoms with Crippen molar-refractivity contribution < 1.29 is 37.4 Å². The van der Waals surface area contributed by atoms with E-state index in [0.29, 0.717) is 36.2 Å². The maximum Gasteiger partial charge on any atom is 0.398 e. The second-order valence-corrected chi connectivity index (χ2v) is 11.8. The van der Waals surface area contributed by atoms with Crippen LogP contribution in [0.15, 0.2) is 47.7 Å². The van der Waals surface area contributed by atoms with Gasteiger partial charge in [0.2, 0.25) is 5.91 Å². The van der Waals surface area contributed by atoms with Crippen molar-refractivity contribution in [2.45, 2.75) is 56.7 Å². The minimum Gasteiger partial charge on any atom is -0.478 e. The zero-order valence-corrected chi connectivity index (χ0v) is 24.4. The van der Waals surface area contributed by atoms with Gasteiger partial charge in [-0.3, -0.25) is 15.0 Å². The van der Waals surface area contributed by atoms with Crippen LogP contribution in [-0.2, 0) is 14.9 Å². The number of hydrogen-bond donors (Lipinski definition) is 3. The van der Waals surface area contributed by atoms with E-state index < -0.39 is 29.4 Å². The number of aryl methyl sites for hydroxylation is 1. The highest BCUT2D eigenvalue weighted by molar-refractivity contribution is 6.34. The monoisotopic (exact) mass is 617 g/mol. The number of nitrogens with zero attached hydrogens (tertiary/aromatic N) is 1. The summed E-state index contributed by atoms with van der Waals surface area (Å²) in [5, 5.41) is 21.0. The van der Waals surface area contributed by atoms with Gasteiger partial charge in [0.15, 0.2) is 0 Å². The molecule has 1 aliphatic heterocycles. The molecule has 43 heavy (non-hydrogen) atoms. The Morgan fingerprint density at radius 2 is 1.86 bits per heavy atom. The molecule has 1 saturated heterocycles. The minimum absolute atomic E-state index is 0.0259. The zero-order valence-electron chi connectivity index (χ0n) is 23.6. The molecule has 5 rings (SSSR count). The number of ether oxygens (including phenoxy) is 1. The van der Waals surface area contributed by atoms with Crippen LogP contribution < -0.4 is 5.32 Å². The van der Waals surface area contributed by atoms with E-state index in [-0.39, 0.29) is 70.8 Å². The Morgan fingerprint density at radius 1 is 1.16 bits per heavy atom. The molecule has 0 aromatic heterocycles. The van der Waals surface area contributed by atoms with Crippen molar-refractivity contribution in [3.05, 3.63) is 80.5 Å². The SMILES string of the molecule is COC1CN(C(=O)C2CCC(C(=N)c3ccc(C(=O)O)c(C)c3)=C(NC(=O)c3c(Cl)cccc3C3(C(F)(F)F)CC3)C2)C1. The molecule has 1 unspecified atom stereocenters. The Labute approximate surface area is 251 Å². The van der Waals surface area contributed by atoms with Gasteiger partial charge in [-0.1, -0.05) is 29.8 Å². The first-order valence-electron chi connectivity index (χ1n) is 13.9. The third-order valence-corrected chi connectivity index (χ3v) is 9.08. The molecule has 0 bridgehead atoms. The summed E-state index contributed by atoms with van der Waals surface area (Å²) in [6.07, 6.45) is -4.23. The van der Waals surface area contributed by atoms with Crippen molar-refractivity contribution >= 4 is 35.1 Å². The molecule has 2 fully saturated rings. The van der Waals surface area contributed by atoms with E-state index in [0.717, 1.165) is 0 Å². The van der Waals surface area contributed by atoms with E-state index >= 15 is 0 Å². The summed E-state index contributed by atoms with van der Waals surface area (Å²) in [6.45, 7) is 2.50. The van der Waals surface area contributed by atoms with E-state index in [1.54, 1.807) is 25.0 Å². The quantitative estimate of drug-likeness (QED) is 0.331. The smallest absolute Gasteiger partial charge is 0.398 e. The lowest BCUT2D eigenvalue weighted by Crippen LogP contribution is -2.56. The minimum atomic E-state index is -4.57. The zero-order chi connectivity index (χ0) is 31.3. The van der Waals surface area contributed by atoms with Gasteiger partial charge in [0.25, 0.3) is 5.91 Å². The molecule has 8 nitrogen and oxygen atoms in total. The number of methoxy groups -OCH3 is 1. The van der Waals surface area contributed by atoms with Crippen molar-refractivity contribution in [3.63, 3.8) is 0 Å². The van der Waals surface area contributed by atoms with Gasteiger partial charge in [-0.2, -0.15) is 13.2 Å². The number of alkyl halides is 3. The first-order valence-corrected chi connectivity index (χ1v) is 14.3. The van der Waals surface area contributed by atoms with Crippen LogP contribution in [0.1, 0.15) is 69.5 Å². The maximum absolute atomic E-state index is 14.1. The molecule has 1 saturated carbocycles. The predicted octanol–water partition coefficient (Wildman–Crippen LogP) is 5.65. The first kappa shape index (κ1) is 30.7. The fourth-order valence-corrected chi connectivity index (χ4v) is 6.26. The van der Waals surface area contributed by atoms with Crippen molar-refractivity contribution in [3.8, 4) is 0 Å². The summed E-state index contributed by atoms with van der Waals surface area (Å²) in [6, 6.07) is 8.48. The van der Waals surface area contributed by atoms with E-state index in [1.165, 1.54) is 30.3 Å². The molecule has 0 radical (unpaired) electrons. The lowest BCUT2D eigenvalue weighted by molar-refractivity contribution is -0.160. The van der Waals surface area contributed by atoms with Crippen LogP contribution in [-0.4, -0.2) is 66.0 Å². The average molecular weight is 618 g/mol. The average Bonchev–Trinajstić information content (AvgIpc) is 3.74. The Bertz CT molecular complexity index is 1540. The molecule has 1 heterocycles. The predicted molar refractivity (Wildman–Crippen MR) is 153 cm³/mol. The lowest BCUT2D eigenvalue weighted by Gasteiger charge is -2.41. The summed E-state index contributed by atoms with van der Waals surface area (Å²) in [5.74, 6) is -2.59. The van der Waals surface area contributed by atoms with E-state index in [9.17, 15) is 32.7 Å². The number of hydrogen-bond acceptors (Lipinski definition) is 5. The molecule has 3 aliphatic rings. The summed E-state index contributed by atoms with van der Waals surface area (Å²) < 4.78 is 47.5. The first-order chi connectivity index (χ1) is 20.3. The Hall–Kier alpha value is -3.70. The van der Waals surface area contributed by atoms with Crippen LogP contribution in [0.2, 0.25) is 5.02 Å². The lowest BCUT2D eigenvalue weighted by atomic mass is 9.82. The number of nitrogens with one attached hydrogen (secondary N) is 2. The number of likely N-dealkylation sites (tertiary alicyclic amines) is 1.